The van der Waals surface area contributed by atoms with Crippen molar-refractivity contribution in [1.29, 1.82) is 0 Å². The van der Waals surface area contributed by atoms with Gasteiger partial charge in [0.2, 0.25) is 10.0 Å². The average molecular weight is 310 g/mol. The van der Waals surface area contributed by atoms with Gasteiger partial charge in [-0.2, -0.15) is 0 Å². The van der Waals surface area contributed by atoms with Gasteiger partial charge in [0.25, 0.3) is 0 Å². The van der Waals surface area contributed by atoms with Crippen molar-refractivity contribution in [2.45, 2.75) is 11.4 Å². The van der Waals surface area contributed by atoms with Crippen LogP contribution in [-0.2, 0) is 16.6 Å². The number of ether oxygens (including phenoxy) is 2. The second-order valence-corrected chi connectivity index (χ2v) is 6.10. The van der Waals surface area contributed by atoms with Crippen molar-refractivity contribution in [3.8, 4) is 11.5 Å². The SMILES string of the molecule is COc1ccc(S(=O)(=O)NCCn2cccc2)cc1OC. The van der Waals surface area contributed by atoms with E-state index < -0.39 is 10.0 Å². The van der Waals surface area contributed by atoms with Gasteiger partial charge in [0, 0.05) is 31.5 Å². The Balaban J connectivity index is 2.08. The highest BCUT2D eigenvalue weighted by Gasteiger charge is 2.16. The first-order valence-corrected chi connectivity index (χ1v) is 7.87. The van der Waals surface area contributed by atoms with Crippen molar-refractivity contribution in [1.82, 2.24) is 9.29 Å². The Morgan fingerprint density at radius 1 is 1.10 bits per heavy atom. The van der Waals surface area contributed by atoms with Gasteiger partial charge in [-0.25, -0.2) is 13.1 Å². The summed E-state index contributed by atoms with van der Waals surface area (Å²) in [4.78, 5) is 0.146. The Labute approximate surface area is 124 Å². The van der Waals surface area contributed by atoms with Crippen molar-refractivity contribution >= 4 is 10.0 Å². The average Bonchev–Trinajstić information content (AvgIpc) is 2.99. The third-order valence-corrected chi connectivity index (χ3v) is 4.45. The number of methoxy groups -OCH3 is 2. The molecule has 0 saturated carbocycles. The minimum Gasteiger partial charge on any atom is -0.493 e. The number of hydrogen-bond acceptors (Lipinski definition) is 4. The molecule has 0 fully saturated rings. The Bertz CT molecular complexity index is 681. The second kappa shape index (κ2) is 6.64. The van der Waals surface area contributed by atoms with Crippen molar-refractivity contribution in [2.75, 3.05) is 20.8 Å². The summed E-state index contributed by atoms with van der Waals surface area (Å²) in [6.45, 7) is 0.880. The molecular weight excluding hydrogens is 292 g/mol. The molecule has 0 radical (unpaired) electrons. The maximum atomic E-state index is 12.2. The van der Waals surface area contributed by atoms with Crippen LogP contribution >= 0.6 is 0 Å². The van der Waals surface area contributed by atoms with Gasteiger partial charge < -0.3 is 14.0 Å². The summed E-state index contributed by atoms with van der Waals surface area (Å²) < 4.78 is 39.1. The Morgan fingerprint density at radius 2 is 1.76 bits per heavy atom. The molecule has 0 aliphatic carbocycles. The molecule has 0 bridgehead atoms. The predicted molar refractivity (Wildman–Crippen MR) is 79.2 cm³/mol. The van der Waals surface area contributed by atoms with E-state index in [1.165, 1.54) is 26.4 Å². The molecule has 1 aromatic carbocycles. The summed E-state index contributed by atoms with van der Waals surface area (Å²) in [6.07, 6.45) is 3.76. The quantitative estimate of drug-likeness (QED) is 0.841. The van der Waals surface area contributed by atoms with Gasteiger partial charge in [0.15, 0.2) is 11.5 Å². The van der Waals surface area contributed by atoms with Crippen LogP contribution in [0, 0.1) is 0 Å². The van der Waals surface area contributed by atoms with Crippen molar-refractivity contribution in [2.24, 2.45) is 0 Å². The first kappa shape index (κ1) is 15.4. The lowest BCUT2D eigenvalue weighted by molar-refractivity contribution is 0.354. The van der Waals surface area contributed by atoms with Gasteiger partial charge >= 0.3 is 0 Å². The molecular formula is C14H18N2O4S. The van der Waals surface area contributed by atoms with Crippen LogP contribution in [0.2, 0.25) is 0 Å². The molecule has 2 aromatic rings. The van der Waals surface area contributed by atoms with Gasteiger partial charge in [-0.05, 0) is 24.3 Å². The summed E-state index contributed by atoms with van der Waals surface area (Å²) >= 11 is 0. The maximum Gasteiger partial charge on any atom is 0.240 e. The summed E-state index contributed by atoms with van der Waals surface area (Å²) in [7, 11) is -0.603. The summed E-state index contributed by atoms with van der Waals surface area (Å²) in [6, 6.07) is 8.28. The zero-order chi connectivity index (χ0) is 15.3. The van der Waals surface area contributed by atoms with Crippen molar-refractivity contribution < 1.29 is 17.9 Å². The van der Waals surface area contributed by atoms with Crippen molar-refractivity contribution in [3.63, 3.8) is 0 Å². The largest absolute Gasteiger partial charge is 0.493 e. The molecule has 0 unspecified atom stereocenters. The molecule has 0 amide bonds. The third kappa shape index (κ3) is 3.77. The predicted octanol–water partition coefficient (Wildman–Crippen LogP) is 1.48. The molecule has 6 nitrogen and oxygen atoms in total. The molecule has 1 heterocycles. The number of hydrogen-bond donors (Lipinski definition) is 1. The topological polar surface area (TPSA) is 69.6 Å². The van der Waals surface area contributed by atoms with Gasteiger partial charge in [0.05, 0.1) is 19.1 Å². The monoisotopic (exact) mass is 310 g/mol. The molecule has 0 aliphatic heterocycles. The molecule has 7 heteroatoms. The molecule has 1 N–H and O–H groups in total. The van der Waals surface area contributed by atoms with Crippen LogP contribution in [0.15, 0.2) is 47.6 Å². The van der Waals surface area contributed by atoms with Crippen LogP contribution < -0.4 is 14.2 Å². The fourth-order valence-corrected chi connectivity index (χ4v) is 2.93. The standard InChI is InChI=1S/C14H18N2O4S/c1-19-13-6-5-12(11-14(13)20-2)21(17,18)15-7-10-16-8-3-4-9-16/h3-6,8-9,11,15H,7,10H2,1-2H3. The lowest BCUT2D eigenvalue weighted by Gasteiger charge is -2.11. The fourth-order valence-electron chi connectivity index (χ4n) is 1.90. The van der Waals surface area contributed by atoms with E-state index in [0.717, 1.165) is 0 Å². The fraction of sp³-hybridized carbons (Fsp3) is 0.286. The highest BCUT2D eigenvalue weighted by molar-refractivity contribution is 7.89. The minimum atomic E-state index is -3.57. The molecule has 0 saturated heterocycles. The zero-order valence-electron chi connectivity index (χ0n) is 11.9. The van der Waals surface area contributed by atoms with Gasteiger partial charge in [0.1, 0.15) is 0 Å². The molecule has 21 heavy (non-hydrogen) atoms. The van der Waals surface area contributed by atoms with E-state index in [4.69, 9.17) is 9.47 Å². The Morgan fingerprint density at radius 3 is 2.38 bits per heavy atom. The van der Waals surface area contributed by atoms with E-state index in [2.05, 4.69) is 4.72 Å². The highest BCUT2D eigenvalue weighted by atomic mass is 32.2. The first-order chi connectivity index (χ1) is 10.1. The molecule has 114 valence electrons. The number of rotatable bonds is 7. The van der Waals surface area contributed by atoms with E-state index in [0.29, 0.717) is 24.6 Å². The Kier molecular flexibility index (Phi) is 4.87. The van der Waals surface area contributed by atoms with Crippen LogP contribution in [0.3, 0.4) is 0 Å². The summed E-state index contributed by atoms with van der Waals surface area (Å²) in [5, 5.41) is 0. The maximum absolute atomic E-state index is 12.2. The summed E-state index contributed by atoms with van der Waals surface area (Å²) in [5.41, 5.74) is 0. The minimum absolute atomic E-state index is 0.146. The van der Waals surface area contributed by atoms with Crippen LogP contribution in [-0.4, -0.2) is 33.7 Å². The van der Waals surface area contributed by atoms with E-state index in [1.54, 1.807) is 6.07 Å². The van der Waals surface area contributed by atoms with Gasteiger partial charge in [-0.3, -0.25) is 0 Å². The lowest BCUT2D eigenvalue weighted by atomic mass is 10.3. The number of sulfonamides is 1. The summed E-state index contributed by atoms with van der Waals surface area (Å²) in [5.74, 6) is 0.870. The van der Waals surface area contributed by atoms with E-state index in [1.807, 2.05) is 29.1 Å². The van der Waals surface area contributed by atoms with Crippen LogP contribution in [0.1, 0.15) is 0 Å². The van der Waals surface area contributed by atoms with Gasteiger partial charge in [-0.15, -0.1) is 0 Å². The third-order valence-electron chi connectivity index (χ3n) is 2.99. The van der Waals surface area contributed by atoms with Crippen molar-refractivity contribution in [3.05, 3.63) is 42.7 Å². The lowest BCUT2D eigenvalue weighted by Crippen LogP contribution is -2.27. The van der Waals surface area contributed by atoms with Crippen LogP contribution in [0.25, 0.3) is 0 Å². The van der Waals surface area contributed by atoms with Gasteiger partial charge in [-0.1, -0.05) is 0 Å². The number of aromatic nitrogens is 1. The Hall–Kier alpha value is -1.99. The smallest absolute Gasteiger partial charge is 0.240 e. The first-order valence-electron chi connectivity index (χ1n) is 6.39. The number of nitrogens with zero attached hydrogens (tertiary/aromatic N) is 1. The molecule has 0 spiro atoms. The zero-order valence-corrected chi connectivity index (χ0v) is 12.8. The second-order valence-electron chi connectivity index (χ2n) is 4.34. The molecule has 2 rings (SSSR count). The highest BCUT2D eigenvalue weighted by Crippen LogP contribution is 2.29. The number of nitrogens with one attached hydrogen (secondary N) is 1. The number of benzene rings is 1. The van der Waals surface area contributed by atoms with E-state index in [-0.39, 0.29) is 4.90 Å². The normalized spacial score (nSPS) is 11.3. The molecule has 0 atom stereocenters. The van der Waals surface area contributed by atoms with Crippen LogP contribution in [0.4, 0.5) is 0 Å². The molecule has 0 aliphatic rings. The van der Waals surface area contributed by atoms with E-state index in [9.17, 15) is 8.42 Å². The van der Waals surface area contributed by atoms with E-state index >= 15 is 0 Å². The molecule has 1 aromatic heterocycles. The van der Waals surface area contributed by atoms with Crippen LogP contribution in [0.5, 0.6) is 11.5 Å².